The van der Waals surface area contributed by atoms with E-state index in [0.29, 0.717) is 60.5 Å². The van der Waals surface area contributed by atoms with Gasteiger partial charge in [-0.1, -0.05) is 45.0 Å². The van der Waals surface area contributed by atoms with Gasteiger partial charge in [0.2, 0.25) is 23.7 Å². The fourth-order valence-corrected chi connectivity index (χ4v) is 9.23. The number of fused-ring (bicyclic) bond motifs is 1. The van der Waals surface area contributed by atoms with Crippen LogP contribution in [0.1, 0.15) is 52.3 Å². The quantitative estimate of drug-likeness (QED) is 0.107. The number of β-amino-alcohol motifs (C(OH)–C–C–N with tert-alkyl or cyclic N) is 1. The lowest BCUT2D eigenvalue weighted by atomic mass is 9.85. The van der Waals surface area contributed by atoms with Crippen LogP contribution in [0.25, 0.3) is 27.3 Å². The molecule has 6 aromatic rings. The molecule has 5 aromatic heterocycles. The number of imidazole rings is 1. The number of amides is 5. The van der Waals surface area contributed by atoms with Crippen molar-refractivity contribution in [1.82, 2.24) is 54.7 Å². The number of thiazole rings is 1. The number of aliphatic hydroxyl groups excluding tert-OH is 1. The van der Waals surface area contributed by atoms with Gasteiger partial charge in [-0.05, 0) is 43.4 Å². The molecule has 0 radical (unpaired) electrons. The molecule has 23 heteroatoms. The van der Waals surface area contributed by atoms with E-state index in [1.54, 1.807) is 79.2 Å². The zero-order chi connectivity index (χ0) is 52.0. The third-order valence-electron chi connectivity index (χ3n) is 12.3. The highest BCUT2D eigenvalue weighted by molar-refractivity contribution is 7.13. The largest absolute Gasteiger partial charge is 0.481 e. The molecule has 0 aliphatic carbocycles. The number of nitrogens with one attached hydrogen (secondary N) is 3. The number of nitrogens with zero attached hydrogens (tertiary/aromatic N) is 11. The summed E-state index contributed by atoms with van der Waals surface area (Å²) in [4.78, 5) is 101. The number of aryl methyl sites for hydroxylation is 1. The maximum Gasteiger partial charge on any atom is 0.414 e. The summed E-state index contributed by atoms with van der Waals surface area (Å²) in [5.74, 6) is -0.576. The van der Waals surface area contributed by atoms with Crippen LogP contribution in [0.3, 0.4) is 0 Å². The van der Waals surface area contributed by atoms with E-state index in [-0.39, 0.29) is 43.8 Å². The van der Waals surface area contributed by atoms with Crippen molar-refractivity contribution in [3.63, 3.8) is 0 Å². The van der Waals surface area contributed by atoms with Crippen molar-refractivity contribution in [2.75, 3.05) is 68.0 Å². The molecule has 0 spiro atoms. The summed E-state index contributed by atoms with van der Waals surface area (Å²) < 4.78 is 12.8. The summed E-state index contributed by atoms with van der Waals surface area (Å²) in [5.41, 5.74) is 6.26. The third-order valence-corrected chi connectivity index (χ3v) is 13.3. The van der Waals surface area contributed by atoms with E-state index in [4.69, 9.17) is 9.47 Å². The molecule has 3 atom stereocenters. The van der Waals surface area contributed by atoms with E-state index in [0.717, 1.165) is 21.7 Å². The van der Waals surface area contributed by atoms with Gasteiger partial charge in [0.25, 0.3) is 5.91 Å². The first-order chi connectivity index (χ1) is 34.9. The molecular formula is C50H60N14O8S. The number of carbonyl (C=O) groups is 5. The van der Waals surface area contributed by atoms with Crippen LogP contribution in [0.4, 0.5) is 22.2 Å². The molecule has 2 aliphatic heterocycles. The predicted molar refractivity (Wildman–Crippen MR) is 273 cm³/mol. The second-order valence-corrected chi connectivity index (χ2v) is 20.2. The summed E-state index contributed by atoms with van der Waals surface area (Å²) in [6.07, 6.45) is 9.63. The standard InChI is InChI=1S/C50H60N14O8S/c1-30(2)72-49(70)60(7)35-16-34(19-51-20-35)38-25-63-26-40(57-41(63)23-52-38)58-42(66)27-61-12-14-62(15-13-61)48-54-21-37(22-55-48)71-28-43(67)59-45(50(4,5)6)47(69)64-24-36(65)17-39(64)46(68)53-18-32-8-10-33(11-9-32)44-31(3)56-29-73-44/h8-11,16,19-23,25-26,29-30,36,39,45,65H,12-15,17-18,24,27-28H2,1-7H3,(H,53,68)(H,58,66)(H,59,67)/t36-,39+,45-/m1/s1. The van der Waals surface area contributed by atoms with Gasteiger partial charge in [-0.25, -0.2) is 24.7 Å². The molecule has 384 valence electrons. The van der Waals surface area contributed by atoms with Gasteiger partial charge in [-0.2, -0.15) is 0 Å². The number of rotatable bonds is 16. The average Bonchev–Trinajstić information content (AvgIpc) is 4.11. The topological polar surface area (TPSA) is 255 Å². The van der Waals surface area contributed by atoms with Crippen molar-refractivity contribution in [2.24, 2.45) is 5.41 Å². The molecular weight excluding hydrogens is 957 g/mol. The third kappa shape index (κ3) is 12.9. The number of carbonyl (C=O) groups excluding carboxylic acids is 5. The smallest absolute Gasteiger partial charge is 0.414 e. The van der Waals surface area contributed by atoms with E-state index in [2.05, 4.69) is 45.9 Å². The Morgan fingerprint density at radius 2 is 1.66 bits per heavy atom. The first-order valence-corrected chi connectivity index (χ1v) is 24.8. The lowest BCUT2D eigenvalue weighted by molar-refractivity contribution is -0.144. The minimum atomic E-state index is -1.03. The molecule has 5 amide bonds. The molecule has 1 aromatic carbocycles. The van der Waals surface area contributed by atoms with Gasteiger partial charge in [-0.15, -0.1) is 11.3 Å². The van der Waals surface area contributed by atoms with Crippen LogP contribution >= 0.6 is 11.3 Å². The van der Waals surface area contributed by atoms with Gasteiger partial charge < -0.3 is 44.7 Å². The molecule has 2 saturated heterocycles. The van der Waals surface area contributed by atoms with Gasteiger partial charge in [0.15, 0.2) is 23.8 Å². The van der Waals surface area contributed by atoms with Crippen LogP contribution < -0.4 is 30.5 Å². The molecule has 0 saturated carbocycles. The van der Waals surface area contributed by atoms with Crippen molar-refractivity contribution in [3.05, 3.63) is 90.5 Å². The second kappa shape index (κ2) is 22.4. The average molecular weight is 1020 g/mol. The van der Waals surface area contributed by atoms with Crippen LogP contribution in [0, 0.1) is 12.3 Å². The number of benzene rings is 1. The Labute approximate surface area is 426 Å². The second-order valence-electron chi connectivity index (χ2n) is 19.4. The molecule has 0 bridgehead atoms. The predicted octanol–water partition coefficient (Wildman–Crippen LogP) is 3.94. The fraction of sp³-hybridized carbons (Fsp3) is 0.420. The van der Waals surface area contributed by atoms with Crippen LogP contribution in [-0.2, 0) is 30.5 Å². The number of hydrogen-bond donors (Lipinski definition) is 4. The van der Waals surface area contributed by atoms with E-state index in [1.165, 1.54) is 22.2 Å². The summed E-state index contributed by atoms with van der Waals surface area (Å²) in [5, 5.41) is 19.2. The zero-order valence-electron chi connectivity index (χ0n) is 41.8. The van der Waals surface area contributed by atoms with Crippen molar-refractivity contribution < 1.29 is 38.6 Å². The summed E-state index contributed by atoms with van der Waals surface area (Å²) >= 11 is 1.56. The Kier molecular flexibility index (Phi) is 15.9. The molecule has 73 heavy (non-hydrogen) atoms. The lowest BCUT2D eigenvalue weighted by Gasteiger charge is -2.35. The van der Waals surface area contributed by atoms with E-state index >= 15 is 0 Å². The van der Waals surface area contributed by atoms with E-state index < -0.39 is 54.0 Å². The van der Waals surface area contributed by atoms with Crippen molar-refractivity contribution in [3.8, 4) is 27.4 Å². The maximum atomic E-state index is 14.1. The Morgan fingerprint density at radius 3 is 2.34 bits per heavy atom. The highest BCUT2D eigenvalue weighted by Crippen LogP contribution is 2.29. The van der Waals surface area contributed by atoms with Gasteiger partial charge in [-0.3, -0.25) is 38.9 Å². The van der Waals surface area contributed by atoms with Crippen molar-refractivity contribution >= 4 is 64.2 Å². The first kappa shape index (κ1) is 51.7. The van der Waals surface area contributed by atoms with Crippen LogP contribution in [-0.4, -0.2) is 156 Å². The molecule has 2 fully saturated rings. The number of aromatic nitrogens is 7. The number of anilines is 3. The Balaban J connectivity index is 0.776. The molecule has 2 aliphatic rings. The number of aliphatic hydroxyl groups is 1. The van der Waals surface area contributed by atoms with Crippen LogP contribution in [0.5, 0.6) is 5.75 Å². The molecule has 22 nitrogen and oxygen atoms in total. The molecule has 4 N–H and O–H groups in total. The Morgan fingerprint density at radius 1 is 0.918 bits per heavy atom. The fourth-order valence-electron chi connectivity index (χ4n) is 8.42. The SMILES string of the molecule is Cc1ncsc1-c1ccc(CNC(=O)[C@@H]2C[C@@H](O)CN2C(=O)[C@@H](NC(=O)COc2cnc(N3CCN(CC(=O)Nc4cn5cc(-c6cncc(N(C)C(=O)OC(C)C)c6)ncc5n4)CC3)nc2)C(C)(C)C)cc1. The number of piperazine rings is 1. The number of likely N-dealkylation sites (tertiary alicyclic amines) is 1. The summed E-state index contributed by atoms with van der Waals surface area (Å²) in [6, 6.07) is 7.67. The minimum absolute atomic E-state index is 0.0473. The monoisotopic (exact) mass is 1020 g/mol. The summed E-state index contributed by atoms with van der Waals surface area (Å²) in [7, 11) is 1.61. The van der Waals surface area contributed by atoms with Crippen LogP contribution in [0.2, 0.25) is 0 Å². The zero-order valence-corrected chi connectivity index (χ0v) is 42.6. The van der Waals surface area contributed by atoms with E-state index in [9.17, 15) is 29.1 Å². The van der Waals surface area contributed by atoms with Gasteiger partial charge in [0.1, 0.15) is 12.1 Å². The minimum Gasteiger partial charge on any atom is -0.481 e. The first-order valence-electron chi connectivity index (χ1n) is 23.9. The number of ether oxygens (including phenoxy) is 2. The number of hydrogen-bond acceptors (Lipinski definition) is 17. The Bertz CT molecular complexity index is 2930. The van der Waals surface area contributed by atoms with Gasteiger partial charge >= 0.3 is 6.09 Å². The van der Waals surface area contributed by atoms with Crippen molar-refractivity contribution in [2.45, 2.75) is 78.8 Å². The highest BCUT2D eigenvalue weighted by atomic mass is 32.1. The molecule has 0 unspecified atom stereocenters. The van der Waals surface area contributed by atoms with Crippen molar-refractivity contribution in [1.29, 1.82) is 0 Å². The highest BCUT2D eigenvalue weighted by Gasteiger charge is 2.44. The Hall–Kier alpha value is -7.63. The molecule has 7 heterocycles. The van der Waals surface area contributed by atoms with Crippen LogP contribution in [0.15, 0.2) is 79.2 Å². The maximum absolute atomic E-state index is 14.1. The lowest BCUT2D eigenvalue weighted by Crippen LogP contribution is -2.58. The van der Waals surface area contributed by atoms with Gasteiger partial charge in [0.05, 0.1) is 77.2 Å². The molecule has 8 rings (SSSR count). The van der Waals surface area contributed by atoms with Gasteiger partial charge in [0, 0.05) is 70.7 Å². The normalized spacial score (nSPS) is 16.6. The number of pyridine rings is 1. The summed E-state index contributed by atoms with van der Waals surface area (Å²) in [6.45, 7) is 13.1. The van der Waals surface area contributed by atoms with E-state index in [1.807, 2.05) is 61.8 Å².